The highest BCUT2D eigenvalue weighted by Gasteiger charge is 2.16. The van der Waals surface area contributed by atoms with Crippen molar-refractivity contribution in [2.45, 2.75) is 39.2 Å². The average molecular weight is 291 g/mol. The van der Waals surface area contributed by atoms with Crippen LogP contribution in [-0.4, -0.2) is 28.9 Å². The molecule has 2 heterocycles. The summed E-state index contributed by atoms with van der Waals surface area (Å²) in [6.07, 6.45) is 3.93. The van der Waals surface area contributed by atoms with Crippen LogP contribution in [0.25, 0.3) is 11.0 Å². The van der Waals surface area contributed by atoms with Gasteiger partial charge in [0.2, 0.25) is 0 Å². The monoisotopic (exact) mass is 291 g/mol. The van der Waals surface area contributed by atoms with E-state index in [1.54, 1.807) is 0 Å². The van der Waals surface area contributed by atoms with Crippen LogP contribution in [0.4, 0.5) is 0 Å². The number of para-hydroxylation sites is 1. The number of nitrogens with one attached hydrogen (secondary N) is 1. The third kappa shape index (κ3) is 2.42. The van der Waals surface area contributed by atoms with Crippen LogP contribution < -0.4 is 9.75 Å². The Labute approximate surface area is 124 Å². The number of fused-ring (bicyclic) bond motifs is 1. The smallest absolute Gasteiger partial charge is 0.197 e. The molecule has 5 heteroatoms. The van der Waals surface area contributed by atoms with E-state index < -0.39 is 0 Å². The Bertz CT molecular complexity index is 653. The minimum atomic E-state index is 0.154. The lowest BCUT2D eigenvalue weighted by molar-refractivity contribution is 0.245. The van der Waals surface area contributed by atoms with Crippen molar-refractivity contribution < 1.29 is 4.74 Å². The number of hydrogen-bond acceptors (Lipinski definition) is 3. The highest BCUT2D eigenvalue weighted by molar-refractivity contribution is 7.71. The highest BCUT2D eigenvalue weighted by Crippen LogP contribution is 2.26. The summed E-state index contributed by atoms with van der Waals surface area (Å²) >= 11 is 5.52. The molecule has 108 valence electrons. The SMILES string of the molecule is CC(C)Oc1cccc2c1[nH]c(=S)n2N1CCCCC1. The Hall–Kier alpha value is -1.49. The Morgan fingerprint density at radius 3 is 2.65 bits per heavy atom. The second kappa shape index (κ2) is 5.48. The van der Waals surface area contributed by atoms with Crippen molar-refractivity contribution in [1.29, 1.82) is 0 Å². The van der Waals surface area contributed by atoms with Crippen molar-refractivity contribution in [3.63, 3.8) is 0 Å². The molecule has 1 aromatic carbocycles. The number of benzene rings is 1. The molecule has 1 saturated heterocycles. The number of imidazole rings is 1. The van der Waals surface area contributed by atoms with E-state index in [1.807, 2.05) is 26.0 Å². The third-order valence-corrected chi connectivity index (χ3v) is 3.91. The molecule has 4 nitrogen and oxygen atoms in total. The van der Waals surface area contributed by atoms with Crippen molar-refractivity contribution in [3.8, 4) is 5.75 Å². The molecule has 0 spiro atoms. The number of piperidine rings is 1. The highest BCUT2D eigenvalue weighted by atomic mass is 32.1. The van der Waals surface area contributed by atoms with Gasteiger partial charge in [-0.2, -0.15) is 0 Å². The number of nitrogens with zero attached hydrogens (tertiary/aromatic N) is 2. The topological polar surface area (TPSA) is 33.2 Å². The standard InChI is InChI=1S/C15H21N3OS/c1-11(2)19-13-8-6-7-12-14(13)16-15(20)18(12)17-9-4-3-5-10-17/h6-8,11H,3-5,9-10H2,1-2H3,(H,16,20). The van der Waals surface area contributed by atoms with E-state index in [2.05, 4.69) is 20.7 Å². The van der Waals surface area contributed by atoms with Crippen LogP contribution in [0.5, 0.6) is 5.75 Å². The van der Waals surface area contributed by atoms with Crippen LogP contribution in [0.1, 0.15) is 33.1 Å². The molecule has 0 radical (unpaired) electrons. The fourth-order valence-corrected chi connectivity index (χ4v) is 3.12. The van der Waals surface area contributed by atoms with Gasteiger partial charge in [-0.3, -0.25) is 0 Å². The quantitative estimate of drug-likeness (QED) is 0.877. The van der Waals surface area contributed by atoms with Crippen LogP contribution in [0, 0.1) is 4.77 Å². The van der Waals surface area contributed by atoms with E-state index in [1.165, 1.54) is 19.3 Å². The Morgan fingerprint density at radius 1 is 1.20 bits per heavy atom. The maximum Gasteiger partial charge on any atom is 0.197 e. The third-order valence-electron chi connectivity index (χ3n) is 3.63. The van der Waals surface area contributed by atoms with E-state index in [-0.39, 0.29) is 6.10 Å². The molecule has 0 atom stereocenters. The number of rotatable bonds is 3. The van der Waals surface area contributed by atoms with Crippen molar-refractivity contribution in [2.24, 2.45) is 0 Å². The van der Waals surface area contributed by atoms with E-state index in [9.17, 15) is 0 Å². The van der Waals surface area contributed by atoms with Gasteiger partial charge in [-0.15, -0.1) is 0 Å². The summed E-state index contributed by atoms with van der Waals surface area (Å²) in [5, 5.41) is 2.34. The zero-order chi connectivity index (χ0) is 14.1. The zero-order valence-corrected chi connectivity index (χ0v) is 12.9. The van der Waals surface area contributed by atoms with E-state index >= 15 is 0 Å². The van der Waals surface area contributed by atoms with Crippen molar-refractivity contribution in [2.75, 3.05) is 18.1 Å². The Balaban J connectivity index is 2.09. The van der Waals surface area contributed by atoms with Gasteiger partial charge in [0.15, 0.2) is 4.77 Å². The first-order valence-electron chi connectivity index (χ1n) is 7.32. The minimum absolute atomic E-state index is 0.154. The van der Waals surface area contributed by atoms with Gasteiger partial charge in [0.05, 0.1) is 11.6 Å². The van der Waals surface area contributed by atoms with Crippen LogP contribution in [-0.2, 0) is 0 Å². The normalized spacial score (nSPS) is 16.1. The average Bonchev–Trinajstić information content (AvgIpc) is 2.76. The molecular formula is C15H21N3OS. The summed E-state index contributed by atoms with van der Waals surface area (Å²) in [7, 11) is 0. The van der Waals surface area contributed by atoms with Gasteiger partial charge in [-0.25, -0.2) is 4.68 Å². The van der Waals surface area contributed by atoms with Crippen LogP contribution in [0.2, 0.25) is 0 Å². The fraction of sp³-hybridized carbons (Fsp3) is 0.533. The molecule has 1 aromatic heterocycles. The van der Waals surface area contributed by atoms with Crippen molar-refractivity contribution in [1.82, 2.24) is 9.66 Å². The molecule has 1 fully saturated rings. The number of aromatic nitrogens is 2. The van der Waals surface area contributed by atoms with Gasteiger partial charge >= 0.3 is 0 Å². The molecule has 0 bridgehead atoms. The van der Waals surface area contributed by atoms with E-state index in [0.717, 1.165) is 34.6 Å². The van der Waals surface area contributed by atoms with Gasteiger partial charge in [0, 0.05) is 13.1 Å². The summed E-state index contributed by atoms with van der Waals surface area (Å²) in [6, 6.07) is 6.13. The van der Waals surface area contributed by atoms with Crippen LogP contribution >= 0.6 is 12.2 Å². The molecular weight excluding hydrogens is 270 g/mol. The molecule has 0 aliphatic carbocycles. The molecule has 0 unspecified atom stereocenters. The van der Waals surface area contributed by atoms with Crippen LogP contribution in [0.3, 0.4) is 0 Å². The lowest BCUT2D eigenvalue weighted by Crippen LogP contribution is -2.39. The second-order valence-electron chi connectivity index (χ2n) is 5.57. The molecule has 1 N–H and O–H groups in total. The molecule has 3 rings (SSSR count). The first kappa shape index (κ1) is 13.5. The van der Waals surface area contributed by atoms with Gasteiger partial charge in [-0.1, -0.05) is 6.07 Å². The van der Waals surface area contributed by atoms with E-state index in [4.69, 9.17) is 17.0 Å². The first-order valence-corrected chi connectivity index (χ1v) is 7.73. The summed E-state index contributed by atoms with van der Waals surface area (Å²) in [5.74, 6) is 0.874. The van der Waals surface area contributed by atoms with Crippen molar-refractivity contribution >= 4 is 23.3 Å². The van der Waals surface area contributed by atoms with Crippen LogP contribution in [0.15, 0.2) is 18.2 Å². The lowest BCUT2D eigenvalue weighted by Gasteiger charge is -2.29. The Morgan fingerprint density at radius 2 is 1.95 bits per heavy atom. The van der Waals surface area contributed by atoms with Gasteiger partial charge in [-0.05, 0) is 57.5 Å². The summed E-state index contributed by atoms with van der Waals surface area (Å²) in [5.41, 5.74) is 2.10. The maximum absolute atomic E-state index is 5.87. The zero-order valence-electron chi connectivity index (χ0n) is 12.1. The molecule has 2 aromatic rings. The second-order valence-corrected chi connectivity index (χ2v) is 5.96. The molecule has 1 aliphatic heterocycles. The number of aromatic amines is 1. The molecule has 20 heavy (non-hydrogen) atoms. The number of hydrogen-bond donors (Lipinski definition) is 1. The van der Waals surface area contributed by atoms with E-state index in [0.29, 0.717) is 0 Å². The number of H-pyrrole nitrogens is 1. The predicted octanol–water partition coefficient (Wildman–Crippen LogP) is 3.61. The minimum Gasteiger partial charge on any atom is -0.489 e. The van der Waals surface area contributed by atoms with Gasteiger partial charge < -0.3 is 14.7 Å². The lowest BCUT2D eigenvalue weighted by atomic mass is 10.2. The summed E-state index contributed by atoms with van der Waals surface area (Å²) < 4.78 is 8.76. The maximum atomic E-state index is 5.87. The predicted molar refractivity (Wildman–Crippen MR) is 84.7 cm³/mol. The largest absolute Gasteiger partial charge is 0.489 e. The van der Waals surface area contributed by atoms with Gasteiger partial charge in [0.25, 0.3) is 0 Å². The number of ether oxygens (including phenoxy) is 1. The Kier molecular flexibility index (Phi) is 3.70. The molecule has 0 saturated carbocycles. The summed E-state index contributed by atoms with van der Waals surface area (Å²) in [4.78, 5) is 3.31. The van der Waals surface area contributed by atoms with Crippen molar-refractivity contribution in [3.05, 3.63) is 23.0 Å². The van der Waals surface area contributed by atoms with Gasteiger partial charge in [0.1, 0.15) is 11.3 Å². The fourth-order valence-electron chi connectivity index (χ4n) is 2.80. The molecule has 0 amide bonds. The first-order chi connectivity index (χ1) is 9.66. The molecule has 1 aliphatic rings. The summed E-state index contributed by atoms with van der Waals surface area (Å²) in [6.45, 7) is 6.21.